The maximum atomic E-state index is 12.2. The molecule has 1 fully saturated rings. The van der Waals surface area contributed by atoms with Gasteiger partial charge in [0.1, 0.15) is 6.54 Å². The maximum Gasteiger partial charge on any atom is 0.326 e. The molecule has 0 spiro atoms. The minimum absolute atomic E-state index is 0.128. The maximum absolute atomic E-state index is 12.2. The number of amides is 2. The Hall–Kier alpha value is -2.55. The van der Waals surface area contributed by atoms with Crippen LogP contribution in [-0.2, 0) is 14.3 Å². The molecule has 1 aliphatic heterocycles. The fourth-order valence-corrected chi connectivity index (χ4v) is 2.84. The second kappa shape index (κ2) is 7.14. The molecule has 2 amide bonds. The van der Waals surface area contributed by atoms with E-state index in [0.717, 1.165) is 4.90 Å². The third-order valence-electron chi connectivity index (χ3n) is 2.96. The summed E-state index contributed by atoms with van der Waals surface area (Å²) in [7, 11) is 0. The summed E-state index contributed by atoms with van der Waals surface area (Å²) in [5, 5.41) is 12.1. The van der Waals surface area contributed by atoms with E-state index in [1.54, 1.807) is 13.0 Å². The number of thioether (sulfide) groups is 1. The number of esters is 1. The predicted octanol–water partition coefficient (Wildman–Crippen LogP) is 0.0466. The lowest BCUT2D eigenvalue weighted by atomic mass is 10.2. The Labute approximate surface area is 135 Å². The van der Waals surface area contributed by atoms with E-state index in [2.05, 4.69) is 5.32 Å². The number of hydrogen-bond acceptors (Lipinski definition) is 8. The second-order valence-electron chi connectivity index (χ2n) is 4.47. The Bertz CT molecular complexity index is 662. The summed E-state index contributed by atoms with van der Waals surface area (Å²) in [6.45, 7) is 1.28. The predicted molar refractivity (Wildman–Crippen MR) is 79.5 cm³/mol. The van der Waals surface area contributed by atoms with Gasteiger partial charge in [0.25, 0.3) is 11.1 Å². The van der Waals surface area contributed by atoms with Crippen LogP contribution in [-0.4, -0.2) is 46.5 Å². The number of para-hydroxylation sites is 1. The molecule has 0 unspecified atom stereocenters. The van der Waals surface area contributed by atoms with E-state index in [1.807, 2.05) is 0 Å². The SMILES string of the molecule is CCOC(=O)CN1C(=O)S[C@H](Nc2ccccc2C(=O)[O-])C1=O. The summed E-state index contributed by atoms with van der Waals surface area (Å²) in [6, 6.07) is 5.87. The Morgan fingerprint density at radius 2 is 2.04 bits per heavy atom. The van der Waals surface area contributed by atoms with Gasteiger partial charge < -0.3 is 20.0 Å². The van der Waals surface area contributed by atoms with Crippen LogP contribution >= 0.6 is 11.8 Å². The lowest BCUT2D eigenvalue weighted by Crippen LogP contribution is -2.38. The largest absolute Gasteiger partial charge is 0.545 e. The Kier molecular flexibility index (Phi) is 5.22. The molecule has 1 N–H and O–H groups in total. The average Bonchev–Trinajstić information content (AvgIpc) is 2.75. The van der Waals surface area contributed by atoms with Gasteiger partial charge in [-0.25, -0.2) is 0 Å². The molecule has 1 aromatic carbocycles. The minimum atomic E-state index is -1.40. The van der Waals surface area contributed by atoms with Crippen molar-refractivity contribution in [2.45, 2.75) is 12.3 Å². The number of imide groups is 1. The van der Waals surface area contributed by atoms with E-state index < -0.39 is 35.0 Å². The molecule has 1 aliphatic rings. The van der Waals surface area contributed by atoms with Crippen molar-refractivity contribution in [3.63, 3.8) is 0 Å². The van der Waals surface area contributed by atoms with Crippen molar-refractivity contribution in [2.75, 3.05) is 18.5 Å². The molecule has 1 aromatic rings. The monoisotopic (exact) mass is 337 g/mol. The van der Waals surface area contributed by atoms with Crippen molar-refractivity contribution in [2.24, 2.45) is 0 Å². The number of hydrogen-bond donors (Lipinski definition) is 1. The van der Waals surface area contributed by atoms with Gasteiger partial charge in [-0.15, -0.1) is 0 Å². The van der Waals surface area contributed by atoms with Crippen LogP contribution in [0.3, 0.4) is 0 Å². The summed E-state index contributed by atoms with van der Waals surface area (Å²) in [4.78, 5) is 47.2. The van der Waals surface area contributed by atoms with Gasteiger partial charge in [0, 0.05) is 11.3 Å². The third kappa shape index (κ3) is 3.81. The van der Waals surface area contributed by atoms with Crippen LogP contribution in [0.2, 0.25) is 0 Å². The number of nitrogens with zero attached hydrogens (tertiary/aromatic N) is 1. The zero-order chi connectivity index (χ0) is 17.0. The highest BCUT2D eigenvalue weighted by Gasteiger charge is 2.41. The van der Waals surface area contributed by atoms with Gasteiger partial charge in [-0.3, -0.25) is 19.3 Å². The zero-order valence-corrected chi connectivity index (χ0v) is 12.9. The molecule has 0 saturated carbocycles. The molecule has 8 nitrogen and oxygen atoms in total. The summed E-state index contributed by atoms with van der Waals surface area (Å²) < 4.78 is 4.70. The molecule has 0 aliphatic carbocycles. The van der Waals surface area contributed by atoms with Crippen LogP contribution in [0.4, 0.5) is 10.5 Å². The first kappa shape index (κ1) is 16.8. The van der Waals surface area contributed by atoms with Gasteiger partial charge in [-0.05, 0) is 24.8 Å². The Morgan fingerprint density at radius 1 is 1.35 bits per heavy atom. The first-order chi connectivity index (χ1) is 10.9. The molecule has 0 aromatic heterocycles. The summed E-state index contributed by atoms with van der Waals surface area (Å²) in [6.07, 6.45) is 0. The Morgan fingerprint density at radius 3 is 2.70 bits per heavy atom. The van der Waals surface area contributed by atoms with Crippen molar-refractivity contribution < 1.29 is 29.0 Å². The molecule has 1 saturated heterocycles. The van der Waals surface area contributed by atoms with Crippen LogP contribution in [0, 0.1) is 0 Å². The Balaban J connectivity index is 2.11. The van der Waals surface area contributed by atoms with E-state index in [0.29, 0.717) is 11.8 Å². The highest BCUT2D eigenvalue weighted by molar-refractivity contribution is 8.15. The molecule has 122 valence electrons. The number of carbonyl (C=O) groups is 4. The van der Waals surface area contributed by atoms with Crippen molar-refractivity contribution in [1.29, 1.82) is 0 Å². The normalized spacial score (nSPS) is 17.3. The number of carboxylic acid groups (broad SMARTS) is 1. The van der Waals surface area contributed by atoms with Crippen LogP contribution in [0.1, 0.15) is 17.3 Å². The lowest BCUT2D eigenvalue weighted by Gasteiger charge is -2.16. The smallest absolute Gasteiger partial charge is 0.326 e. The van der Waals surface area contributed by atoms with Crippen LogP contribution in [0.5, 0.6) is 0 Å². The number of carbonyl (C=O) groups excluding carboxylic acids is 4. The summed E-state index contributed by atoms with van der Waals surface area (Å²) in [5.74, 6) is -2.73. The van der Waals surface area contributed by atoms with E-state index in [9.17, 15) is 24.3 Å². The topological polar surface area (TPSA) is 116 Å². The van der Waals surface area contributed by atoms with E-state index in [-0.39, 0.29) is 17.9 Å². The number of rotatable bonds is 6. The van der Waals surface area contributed by atoms with Gasteiger partial charge in [0.05, 0.1) is 12.6 Å². The van der Waals surface area contributed by atoms with Crippen LogP contribution < -0.4 is 10.4 Å². The zero-order valence-electron chi connectivity index (χ0n) is 12.1. The van der Waals surface area contributed by atoms with Crippen molar-refractivity contribution in [3.05, 3.63) is 29.8 Å². The van der Waals surface area contributed by atoms with Gasteiger partial charge in [-0.1, -0.05) is 18.2 Å². The third-order valence-corrected chi connectivity index (χ3v) is 3.93. The molecular weight excluding hydrogens is 324 g/mol. The average molecular weight is 337 g/mol. The minimum Gasteiger partial charge on any atom is -0.545 e. The van der Waals surface area contributed by atoms with Crippen molar-refractivity contribution in [1.82, 2.24) is 4.90 Å². The summed E-state index contributed by atoms with van der Waals surface area (Å²) >= 11 is 0.662. The number of aromatic carboxylic acids is 1. The molecule has 9 heteroatoms. The first-order valence-electron chi connectivity index (χ1n) is 6.68. The number of anilines is 1. The fourth-order valence-electron chi connectivity index (χ4n) is 1.94. The highest BCUT2D eigenvalue weighted by Crippen LogP contribution is 2.29. The van der Waals surface area contributed by atoms with Gasteiger partial charge >= 0.3 is 5.97 Å². The second-order valence-corrected chi connectivity index (χ2v) is 5.53. The lowest BCUT2D eigenvalue weighted by molar-refractivity contribution is -0.254. The number of ether oxygens (including phenoxy) is 1. The number of nitrogens with one attached hydrogen (secondary N) is 1. The number of carboxylic acids is 1. The molecule has 23 heavy (non-hydrogen) atoms. The van der Waals surface area contributed by atoms with Crippen LogP contribution in [0.15, 0.2) is 24.3 Å². The fraction of sp³-hybridized carbons (Fsp3) is 0.286. The molecule has 0 radical (unpaired) electrons. The molecule has 2 rings (SSSR count). The highest BCUT2D eigenvalue weighted by atomic mass is 32.2. The molecular formula is C14H13N2O6S-. The van der Waals surface area contributed by atoms with Gasteiger partial charge in [-0.2, -0.15) is 0 Å². The first-order valence-corrected chi connectivity index (χ1v) is 7.56. The quantitative estimate of drug-likeness (QED) is 0.724. The molecule has 1 atom stereocenters. The van der Waals surface area contributed by atoms with E-state index in [4.69, 9.17) is 4.74 Å². The van der Waals surface area contributed by atoms with E-state index in [1.165, 1.54) is 18.2 Å². The van der Waals surface area contributed by atoms with Gasteiger partial charge in [0.2, 0.25) is 0 Å². The van der Waals surface area contributed by atoms with Crippen LogP contribution in [0.25, 0.3) is 0 Å². The standard InChI is InChI=1S/C14H14N2O6S/c1-2-22-10(17)7-16-12(18)11(23-14(16)21)15-9-6-4-3-5-8(9)13(19)20/h3-6,11,15H,2,7H2,1H3,(H,19,20)/p-1/t11-/m0/s1. The molecule has 0 bridgehead atoms. The van der Waals surface area contributed by atoms with Gasteiger partial charge in [0.15, 0.2) is 5.37 Å². The van der Waals surface area contributed by atoms with E-state index >= 15 is 0 Å². The molecule has 1 heterocycles. The van der Waals surface area contributed by atoms with Crippen molar-refractivity contribution >= 4 is 40.5 Å². The number of benzene rings is 1. The summed E-state index contributed by atoms with van der Waals surface area (Å²) in [5.41, 5.74) is 0.0290. The van der Waals surface area contributed by atoms with Crippen molar-refractivity contribution in [3.8, 4) is 0 Å².